The minimum Gasteiger partial charge on any atom is -0.342 e. The molecule has 0 unspecified atom stereocenters. The molecule has 0 aromatic heterocycles. The standard InChI is InChI=1S/C12H21F3N2O/c1-3-16-9-4-6-10(7-5-9)17(2)11(18)8-12(13,14)15/h9-10,16H,3-8H2,1-2H3. The molecular weight excluding hydrogens is 245 g/mol. The van der Waals surface area contributed by atoms with Gasteiger partial charge in [-0.3, -0.25) is 4.79 Å². The molecule has 1 saturated carbocycles. The van der Waals surface area contributed by atoms with E-state index >= 15 is 0 Å². The predicted molar refractivity (Wildman–Crippen MR) is 63.2 cm³/mol. The molecule has 3 nitrogen and oxygen atoms in total. The van der Waals surface area contributed by atoms with Gasteiger partial charge in [-0.2, -0.15) is 13.2 Å². The first-order chi connectivity index (χ1) is 8.33. The number of hydrogen-bond donors (Lipinski definition) is 1. The van der Waals surface area contributed by atoms with E-state index in [1.807, 2.05) is 6.92 Å². The van der Waals surface area contributed by atoms with Gasteiger partial charge in [-0.25, -0.2) is 0 Å². The molecule has 0 saturated heterocycles. The summed E-state index contributed by atoms with van der Waals surface area (Å²) in [5.41, 5.74) is 0. The summed E-state index contributed by atoms with van der Waals surface area (Å²) in [6.45, 7) is 2.93. The molecule has 0 radical (unpaired) electrons. The largest absolute Gasteiger partial charge is 0.397 e. The summed E-state index contributed by atoms with van der Waals surface area (Å²) >= 11 is 0. The number of hydrogen-bond acceptors (Lipinski definition) is 2. The minimum absolute atomic E-state index is 0.0465. The zero-order valence-corrected chi connectivity index (χ0v) is 10.9. The Labute approximate surface area is 106 Å². The fourth-order valence-corrected chi connectivity index (χ4v) is 2.46. The van der Waals surface area contributed by atoms with Crippen molar-refractivity contribution < 1.29 is 18.0 Å². The van der Waals surface area contributed by atoms with Crippen LogP contribution >= 0.6 is 0 Å². The van der Waals surface area contributed by atoms with Crippen molar-refractivity contribution in [2.75, 3.05) is 13.6 Å². The van der Waals surface area contributed by atoms with Crippen LogP contribution in [0, 0.1) is 0 Å². The Bertz CT molecular complexity index is 273. The molecule has 0 bridgehead atoms. The summed E-state index contributed by atoms with van der Waals surface area (Å²) in [4.78, 5) is 12.7. The number of rotatable bonds is 4. The zero-order chi connectivity index (χ0) is 13.8. The summed E-state index contributed by atoms with van der Waals surface area (Å²) in [7, 11) is 1.48. The monoisotopic (exact) mass is 266 g/mol. The first-order valence-electron chi connectivity index (χ1n) is 6.39. The highest BCUT2D eigenvalue weighted by atomic mass is 19.4. The number of carbonyl (C=O) groups excluding carboxylic acids is 1. The van der Waals surface area contributed by atoms with Crippen LogP contribution in [0.15, 0.2) is 0 Å². The zero-order valence-electron chi connectivity index (χ0n) is 10.9. The van der Waals surface area contributed by atoms with Crippen LogP contribution < -0.4 is 5.32 Å². The highest BCUT2D eigenvalue weighted by Gasteiger charge is 2.35. The summed E-state index contributed by atoms with van der Waals surface area (Å²) in [6.07, 6.45) is -2.37. The molecule has 0 aliphatic heterocycles. The number of nitrogens with one attached hydrogen (secondary N) is 1. The van der Waals surface area contributed by atoms with E-state index in [0.717, 1.165) is 32.2 Å². The summed E-state index contributed by atoms with van der Waals surface area (Å²) in [5, 5.41) is 3.33. The van der Waals surface area contributed by atoms with Crippen molar-refractivity contribution in [2.45, 2.75) is 57.3 Å². The van der Waals surface area contributed by atoms with E-state index in [0.29, 0.717) is 6.04 Å². The molecule has 1 rings (SSSR count). The van der Waals surface area contributed by atoms with Gasteiger partial charge in [0.2, 0.25) is 5.91 Å². The molecule has 1 aliphatic carbocycles. The van der Waals surface area contributed by atoms with Crippen LogP contribution in [-0.2, 0) is 4.79 Å². The van der Waals surface area contributed by atoms with Crippen molar-refractivity contribution in [2.24, 2.45) is 0 Å². The molecule has 0 aromatic carbocycles. The number of carbonyl (C=O) groups is 1. The van der Waals surface area contributed by atoms with Crippen molar-refractivity contribution in [3.05, 3.63) is 0 Å². The van der Waals surface area contributed by atoms with Crippen molar-refractivity contribution >= 4 is 5.91 Å². The van der Waals surface area contributed by atoms with Gasteiger partial charge in [-0.05, 0) is 32.2 Å². The van der Waals surface area contributed by atoms with Gasteiger partial charge in [0.25, 0.3) is 0 Å². The van der Waals surface area contributed by atoms with Crippen molar-refractivity contribution in [1.29, 1.82) is 0 Å². The van der Waals surface area contributed by atoms with Crippen LogP contribution in [0.3, 0.4) is 0 Å². The average Bonchev–Trinajstić information content (AvgIpc) is 2.27. The topological polar surface area (TPSA) is 32.3 Å². The van der Waals surface area contributed by atoms with Crippen LogP contribution in [-0.4, -0.2) is 42.7 Å². The van der Waals surface area contributed by atoms with Gasteiger partial charge < -0.3 is 10.2 Å². The van der Waals surface area contributed by atoms with Crippen LogP contribution in [0.2, 0.25) is 0 Å². The third kappa shape index (κ3) is 4.84. The molecule has 1 N–H and O–H groups in total. The molecule has 0 spiro atoms. The Morgan fingerprint density at radius 3 is 2.28 bits per heavy atom. The van der Waals surface area contributed by atoms with E-state index in [9.17, 15) is 18.0 Å². The SMILES string of the molecule is CCNC1CCC(N(C)C(=O)CC(F)(F)F)CC1. The molecule has 6 heteroatoms. The lowest BCUT2D eigenvalue weighted by Crippen LogP contribution is -2.44. The Hall–Kier alpha value is -0.780. The second kappa shape index (κ2) is 6.41. The maximum atomic E-state index is 12.1. The summed E-state index contributed by atoms with van der Waals surface area (Å²) in [6, 6.07) is 0.395. The van der Waals surface area contributed by atoms with Gasteiger partial charge in [0.15, 0.2) is 0 Å². The fourth-order valence-electron chi connectivity index (χ4n) is 2.46. The van der Waals surface area contributed by atoms with Gasteiger partial charge in [0.05, 0.1) is 0 Å². The van der Waals surface area contributed by atoms with Crippen molar-refractivity contribution in [3.63, 3.8) is 0 Å². The lowest BCUT2D eigenvalue weighted by atomic mass is 9.90. The van der Waals surface area contributed by atoms with Gasteiger partial charge in [0.1, 0.15) is 6.42 Å². The molecule has 0 aromatic rings. The maximum Gasteiger partial charge on any atom is 0.397 e. The van der Waals surface area contributed by atoms with Gasteiger partial charge in [-0.1, -0.05) is 6.92 Å². The van der Waals surface area contributed by atoms with Gasteiger partial charge in [-0.15, -0.1) is 0 Å². The average molecular weight is 266 g/mol. The molecule has 0 atom stereocenters. The summed E-state index contributed by atoms with van der Waals surface area (Å²) < 4.78 is 36.4. The van der Waals surface area contributed by atoms with E-state index in [1.54, 1.807) is 0 Å². The van der Waals surface area contributed by atoms with Crippen molar-refractivity contribution in [3.8, 4) is 0 Å². The number of alkyl halides is 3. The first-order valence-corrected chi connectivity index (χ1v) is 6.39. The molecular formula is C12H21F3N2O. The number of nitrogens with zero attached hydrogens (tertiary/aromatic N) is 1. The second-order valence-electron chi connectivity index (χ2n) is 4.86. The highest BCUT2D eigenvalue weighted by molar-refractivity contribution is 5.76. The Balaban J connectivity index is 2.40. The van der Waals surface area contributed by atoms with E-state index in [1.165, 1.54) is 11.9 Å². The molecule has 106 valence electrons. The van der Waals surface area contributed by atoms with Gasteiger partial charge in [0, 0.05) is 19.1 Å². The number of halogens is 3. The highest BCUT2D eigenvalue weighted by Crippen LogP contribution is 2.25. The van der Waals surface area contributed by atoms with E-state index < -0.39 is 18.5 Å². The van der Waals surface area contributed by atoms with Crippen LogP contribution in [0.5, 0.6) is 0 Å². The van der Waals surface area contributed by atoms with E-state index in [4.69, 9.17) is 0 Å². The molecule has 18 heavy (non-hydrogen) atoms. The molecule has 0 heterocycles. The Kier molecular flexibility index (Phi) is 5.44. The van der Waals surface area contributed by atoms with Crippen LogP contribution in [0.1, 0.15) is 39.0 Å². The third-order valence-corrected chi connectivity index (χ3v) is 3.48. The molecule has 1 amide bonds. The normalized spacial score (nSPS) is 24.9. The van der Waals surface area contributed by atoms with E-state index in [-0.39, 0.29) is 6.04 Å². The molecule has 1 fully saturated rings. The van der Waals surface area contributed by atoms with Crippen LogP contribution in [0.25, 0.3) is 0 Å². The smallest absolute Gasteiger partial charge is 0.342 e. The van der Waals surface area contributed by atoms with Crippen molar-refractivity contribution in [1.82, 2.24) is 10.2 Å². The fraction of sp³-hybridized carbons (Fsp3) is 0.917. The predicted octanol–water partition coefficient (Wildman–Crippen LogP) is 2.32. The minimum atomic E-state index is -4.41. The van der Waals surface area contributed by atoms with Gasteiger partial charge >= 0.3 is 6.18 Å². The first kappa shape index (κ1) is 15.3. The van der Waals surface area contributed by atoms with E-state index in [2.05, 4.69) is 5.32 Å². The lowest BCUT2D eigenvalue weighted by molar-refractivity contribution is -0.162. The Morgan fingerprint density at radius 2 is 1.83 bits per heavy atom. The molecule has 1 aliphatic rings. The third-order valence-electron chi connectivity index (χ3n) is 3.48. The summed E-state index contributed by atoms with van der Waals surface area (Å²) in [5.74, 6) is -0.825. The number of amides is 1. The maximum absolute atomic E-state index is 12.1. The quantitative estimate of drug-likeness (QED) is 0.847. The lowest BCUT2D eigenvalue weighted by Gasteiger charge is -2.35. The Morgan fingerprint density at radius 1 is 1.28 bits per heavy atom. The van der Waals surface area contributed by atoms with Crippen LogP contribution in [0.4, 0.5) is 13.2 Å². The second-order valence-corrected chi connectivity index (χ2v) is 4.86.